The van der Waals surface area contributed by atoms with Gasteiger partial charge in [0.05, 0.1) is 0 Å². The van der Waals surface area contributed by atoms with Crippen LogP contribution in [0.25, 0.3) is 0 Å². The van der Waals surface area contributed by atoms with Crippen LogP contribution in [0.1, 0.15) is 19.3 Å². The third-order valence-corrected chi connectivity index (χ3v) is 1.16. The Kier molecular flexibility index (Phi) is 4.23. The average molecular weight is 139 g/mol. The third kappa shape index (κ3) is 2.50. The molecule has 0 saturated carbocycles. The summed E-state index contributed by atoms with van der Waals surface area (Å²) >= 11 is 0. The van der Waals surface area contributed by atoms with E-state index in [1.54, 1.807) is 0 Å². The Labute approximate surface area is 55.3 Å². The standard InChI is InChI=1S/C5H10O2.ClH/c6-5-3-1-2-4-7-5;/h5-6H,1-4H2;1H. The Balaban J connectivity index is 0.000000490. The molecule has 0 bridgehead atoms. The lowest BCUT2D eigenvalue weighted by molar-refractivity contribution is -0.123. The molecular weight excluding hydrogens is 128 g/mol. The number of aliphatic hydroxyl groups is 1. The van der Waals surface area contributed by atoms with Gasteiger partial charge in [0, 0.05) is 6.61 Å². The van der Waals surface area contributed by atoms with E-state index in [0.29, 0.717) is 0 Å². The second kappa shape index (κ2) is 4.13. The Bertz CT molecular complexity index is 52.4. The van der Waals surface area contributed by atoms with E-state index < -0.39 is 6.29 Å². The van der Waals surface area contributed by atoms with Crippen molar-refractivity contribution in [3.63, 3.8) is 0 Å². The normalized spacial score (nSPS) is 28.9. The lowest BCUT2D eigenvalue weighted by Crippen LogP contribution is -2.17. The predicted octanol–water partition coefficient (Wildman–Crippen LogP) is 0.927. The third-order valence-electron chi connectivity index (χ3n) is 1.16. The monoisotopic (exact) mass is 138 g/mol. The lowest BCUT2D eigenvalue weighted by atomic mass is 10.2. The first-order valence-electron chi connectivity index (χ1n) is 2.69. The van der Waals surface area contributed by atoms with E-state index in [4.69, 9.17) is 9.84 Å². The molecule has 1 aliphatic rings. The van der Waals surface area contributed by atoms with Crippen molar-refractivity contribution in [2.75, 3.05) is 6.61 Å². The summed E-state index contributed by atoms with van der Waals surface area (Å²) in [5.41, 5.74) is 0. The minimum absolute atomic E-state index is 0. The van der Waals surface area contributed by atoms with Crippen molar-refractivity contribution in [3.8, 4) is 0 Å². The van der Waals surface area contributed by atoms with Crippen molar-refractivity contribution >= 4 is 12.4 Å². The summed E-state index contributed by atoms with van der Waals surface area (Å²) in [7, 11) is 0. The SMILES string of the molecule is Cl.OC1CCCCO1. The minimum atomic E-state index is -0.464. The topological polar surface area (TPSA) is 29.5 Å². The second-order valence-corrected chi connectivity index (χ2v) is 1.82. The minimum Gasteiger partial charge on any atom is -0.368 e. The van der Waals surface area contributed by atoms with Gasteiger partial charge in [0.25, 0.3) is 0 Å². The lowest BCUT2D eigenvalue weighted by Gasteiger charge is -2.16. The molecule has 1 rings (SSSR count). The maximum absolute atomic E-state index is 8.69. The summed E-state index contributed by atoms with van der Waals surface area (Å²) in [6, 6.07) is 0. The maximum Gasteiger partial charge on any atom is 0.154 e. The van der Waals surface area contributed by atoms with Gasteiger partial charge in [0.1, 0.15) is 0 Å². The molecule has 0 aromatic rings. The van der Waals surface area contributed by atoms with E-state index in [9.17, 15) is 0 Å². The van der Waals surface area contributed by atoms with Crippen LogP contribution in [0, 0.1) is 0 Å². The van der Waals surface area contributed by atoms with Gasteiger partial charge >= 0.3 is 0 Å². The van der Waals surface area contributed by atoms with Gasteiger partial charge in [-0.05, 0) is 19.3 Å². The van der Waals surface area contributed by atoms with Crippen molar-refractivity contribution in [2.45, 2.75) is 25.6 Å². The van der Waals surface area contributed by atoms with E-state index >= 15 is 0 Å². The van der Waals surface area contributed by atoms with E-state index in [2.05, 4.69) is 0 Å². The van der Waals surface area contributed by atoms with E-state index in [1.807, 2.05) is 0 Å². The molecule has 0 radical (unpaired) electrons. The highest BCUT2D eigenvalue weighted by Crippen LogP contribution is 2.08. The number of halogens is 1. The Morgan fingerprint density at radius 2 is 2.12 bits per heavy atom. The van der Waals surface area contributed by atoms with Gasteiger partial charge in [-0.25, -0.2) is 0 Å². The highest BCUT2D eigenvalue weighted by Gasteiger charge is 2.07. The fraction of sp³-hybridized carbons (Fsp3) is 1.00. The van der Waals surface area contributed by atoms with Gasteiger partial charge in [0.2, 0.25) is 0 Å². The molecule has 0 aliphatic carbocycles. The molecule has 0 aromatic carbocycles. The van der Waals surface area contributed by atoms with Crippen LogP contribution in [0.3, 0.4) is 0 Å². The first kappa shape index (κ1) is 8.21. The number of hydrogen-bond donors (Lipinski definition) is 1. The van der Waals surface area contributed by atoms with Gasteiger partial charge in [0.15, 0.2) is 6.29 Å². The molecule has 3 heteroatoms. The summed E-state index contributed by atoms with van der Waals surface area (Å²) in [5.74, 6) is 0. The Morgan fingerprint density at radius 3 is 2.38 bits per heavy atom. The van der Waals surface area contributed by atoms with Crippen LogP contribution in [0.4, 0.5) is 0 Å². The molecular formula is C5H11ClO2. The highest BCUT2D eigenvalue weighted by atomic mass is 35.5. The first-order chi connectivity index (χ1) is 3.39. The molecule has 0 amide bonds. The molecule has 8 heavy (non-hydrogen) atoms. The fourth-order valence-electron chi connectivity index (χ4n) is 0.724. The molecule has 50 valence electrons. The van der Waals surface area contributed by atoms with Crippen LogP contribution in [0.2, 0.25) is 0 Å². The molecule has 1 atom stereocenters. The number of hydrogen-bond acceptors (Lipinski definition) is 2. The van der Waals surface area contributed by atoms with Crippen LogP contribution in [0.5, 0.6) is 0 Å². The van der Waals surface area contributed by atoms with Crippen molar-refractivity contribution < 1.29 is 9.84 Å². The van der Waals surface area contributed by atoms with Crippen LogP contribution in [-0.4, -0.2) is 18.0 Å². The molecule has 1 heterocycles. The first-order valence-corrected chi connectivity index (χ1v) is 2.69. The van der Waals surface area contributed by atoms with Crippen LogP contribution in [-0.2, 0) is 4.74 Å². The summed E-state index contributed by atoms with van der Waals surface area (Å²) in [6.07, 6.45) is 2.58. The second-order valence-electron chi connectivity index (χ2n) is 1.82. The van der Waals surface area contributed by atoms with Crippen LogP contribution < -0.4 is 0 Å². The Hall–Kier alpha value is 0.210. The number of ether oxygens (including phenoxy) is 1. The van der Waals surface area contributed by atoms with Crippen molar-refractivity contribution in [1.82, 2.24) is 0 Å². The molecule has 1 aliphatic heterocycles. The van der Waals surface area contributed by atoms with E-state index in [1.165, 1.54) is 0 Å². The van der Waals surface area contributed by atoms with E-state index in [0.717, 1.165) is 25.9 Å². The van der Waals surface area contributed by atoms with E-state index in [-0.39, 0.29) is 12.4 Å². The molecule has 1 N–H and O–H groups in total. The van der Waals surface area contributed by atoms with Crippen LogP contribution >= 0.6 is 12.4 Å². The number of aliphatic hydroxyl groups excluding tert-OH is 1. The van der Waals surface area contributed by atoms with Crippen molar-refractivity contribution in [1.29, 1.82) is 0 Å². The fourth-order valence-corrected chi connectivity index (χ4v) is 0.724. The largest absolute Gasteiger partial charge is 0.368 e. The molecule has 1 saturated heterocycles. The predicted molar refractivity (Wildman–Crippen MR) is 33.1 cm³/mol. The van der Waals surface area contributed by atoms with Gasteiger partial charge in [-0.1, -0.05) is 0 Å². The average Bonchev–Trinajstić information content (AvgIpc) is 1.69. The number of rotatable bonds is 0. The quantitative estimate of drug-likeness (QED) is 0.540. The van der Waals surface area contributed by atoms with Crippen molar-refractivity contribution in [2.24, 2.45) is 0 Å². The van der Waals surface area contributed by atoms with Crippen LogP contribution in [0.15, 0.2) is 0 Å². The molecule has 0 aromatic heterocycles. The molecule has 0 spiro atoms. The smallest absolute Gasteiger partial charge is 0.154 e. The maximum atomic E-state index is 8.69. The summed E-state index contributed by atoms with van der Waals surface area (Å²) in [4.78, 5) is 0. The molecule has 2 nitrogen and oxygen atoms in total. The molecule has 1 unspecified atom stereocenters. The summed E-state index contributed by atoms with van der Waals surface area (Å²) < 4.78 is 4.83. The van der Waals surface area contributed by atoms with Crippen molar-refractivity contribution in [3.05, 3.63) is 0 Å². The zero-order valence-corrected chi connectivity index (χ0v) is 5.49. The summed E-state index contributed by atoms with van der Waals surface area (Å²) in [5, 5.41) is 8.69. The molecule has 1 fully saturated rings. The Morgan fingerprint density at radius 1 is 1.38 bits per heavy atom. The van der Waals surface area contributed by atoms with Gasteiger partial charge in [-0.2, -0.15) is 0 Å². The highest BCUT2D eigenvalue weighted by molar-refractivity contribution is 5.85. The zero-order chi connectivity index (χ0) is 5.11. The van der Waals surface area contributed by atoms with Gasteiger partial charge in [-0.3, -0.25) is 0 Å². The summed E-state index contributed by atoms with van der Waals surface area (Å²) in [6.45, 7) is 0.737. The zero-order valence-electron chi connectivity index (χ0n) is 4.67. The van der Waals surface area contributed by atoms with Gasteiger partial charge in [-0.15, -0.1) is 12.4 Å². The van der Waals surface area contributed by atoms with Gasteiger partial charge < -0.3 is 9.84 Å².